The Morgan fingerprint density at radius 3 is 2.69 bits per heavy atom. The topological polar surface area (TPSA) is 38.5 Å². The number of benzene rings is 1. The Kier molecular flexibility index (Phi) is 5.80. The Morgan fingerprint density at radius 1 is 1.38 bits per heavy atom. The molecule has 2 N–H and O–H groups in total. The minimum Gasteiger partial charge on any atom is -0.492 e. The zero-order valence-corrected chi connectivity index (χ0v) is 11.4. The Balaban J connectivity index is 2.28. The molecule has 1 aromatic carbocycles. The van der Waals surface area contributed by atoms with Gasteiger partial charge >= 0.3 is 0 Å². The maximum absolute atomic E-state index is 5.94. The molecule has 90 valence electrons. The summed E-state index contributed by atoms with van der Waals surface area (Å²) in [6, 6.07) is 8.00. The Morgan fingerprint density at radius 2 is 2.06 bits per heavy atom. The number of hydrogen-bond acceptors (Lipinski definition) is 3. The molecule has 1 atom stereocenters. The Hall–Kier alpha value is -0.580. The second-order valence-electron chi connectivity index (χ2n) is 4.09. The van der Waals surface area contributed by atoms with E-state index in [-0.39, 0.29) is 6.04 Å². The molecule has 0 aliphatic rings. The van der Waals surface area contributed by atoms with Crippen molar-refractivity contribution in [2.75, 3.05) is 27.2 Å². The van der Waals surface area contributed by atoms with Gasteiger partial charge in [-0.15, -0.1) is 0 Å². The van der Waals surface area contributed by atoms with Crippen molar-refractivity contribution in [2.24, 2.45) is 5.73 Å². The zero-order valence-electron chi connectivity index (χ0n) is 9.82. The molecule has 4 heteroatoms. The molecule has 3 nitrogen and oxygen atoms in total. The summed E-state index contributed by atoms with van der Waals surface area (Å²) >= 11 is 3.44. The van der Waals surface area contributed by atoms with Gasteiger partial charge in [0.15, 0.2) is 0 Å². The van der Waals surface area contributed by atoms with Crippen LogP contribution in [-0.4, -0.2) is 38.2 Å². The maximum Gasteiger partial charge on any atom is 0.133 e. The van der Waals surface area contributed by atoms with E-state index < -0.39 is 0 Å². The lowest BCUT2D eigenvalue weighted by Crippen LogP contribution is -2.34. The lowest BCUT2D eigenvalue weighted by atomic mass is 10.2. The number of para-hydroxylation sites is 1. The van der Waals surface area contributed by atoms with E-state index in [1.54, 1.807) is 0 Å². The van der Waals surface area contributed by atoms with E-state index in [1.807, 2.05) is 38.4 Å². The molecule has 0 fully saturated rings. The maximum atomic E-state index is 5.94. The predicted octanol–water partition coefficient (Wildman–Crippen LogP) is 2.11. The highest BCUT2D eigenvalue weighted by Crippen LogP contribution is 2.23. The average molecular weight is 287 g/mol. The third kappa shape index (κ3) is 4.96. The number of ether oxygens (including phenoxy) is 1. The second kappa shape index (κ2) is 6.89. The first kappa shape index (κ1) is 13.5. The van der Waals surface area contributed by atoms with Gasteiger partial charge < -0.3 is 15.4 Å². The SMILES string of the molecule is CN(C)CC(N)CCOc1ccccc1Br. The molecular weight excluding hydrogens is 268 g/mol. The van der Waals surface area contributed by atoms with Gasteiger partial charge in [0.25, 0.3) is 0 Å². The van der Waals surface area contributed by atoms with Crippen molar-refractivity contribution >= 4 is 15.9 Å². The quantitative estimate of drug-likeness (QED) is 0.871. The van der Waals surface area contributed by atoms with Crippen molar-refractivity contribution in [1.82, 2.24) is 4.90 Å². The molecule has 16 heavy (non-hydrogen) atoms. The molecule has 1 unspecified atom stereocenters. The highest BCUT2D eigenvalue weighted by molar-refractivity contribution is 9.10. The monoisotopic (exact) mass is 286 g/mol. The lowest BCUT2D eigenvalue weighted by Gasteiger charge is -2.17. The summed E-state index contributed by atoms with van der Waals surface area (Å²) in [7, 11) is 4.04. The first-order valence-electron chi connectivity index (χ1n) is 5.37. The first-order valence-corrected chi connectivity index (χ1v) is 6.16. The van der Waals surface area contributed by atoms with Crippen LogP contribution in [0.15, 0.2) is 28.7 Å². The molecule has 0 saturated carbocycles. The zero-order chi connectivity index (χ0) is 12.0. The highest BCUT2D eigenvalue weighted by Gasteiger charge is 2.05. The molecule has 1 rings (SSSR count). The van der Waals surface area contributed by atoms with E-state index in [9.17, 15) is 0 Å². The summed E-state index contributed by atoms with van der Waals surface area (Å²) in [5, 5.41) is 0. The van der Waals surface area contributed by atoms with Crippen molar-refractivity contribution in [3.63, 3.8) is 0 Å². The average Bonchev–Trinajstić information content (AvgIpc) is 2.19. The Labute approximate surface area is 106 Å². The molecule has 0 aliphatic heterocycles. The summed E-state index contributed by atoms with van der Waals surface area (Å²) in [4.78, 5) is 2.09. The van der Waals surface area contributed by atoms with Gasteiger partial charge in [-0.1, -0.05) is 12.1 Å². The van der Waals surface area contributed by atoms with Crippen LogP contribution in [0, 0.1) is 0 Å². The highest BCUT2D eigenvalue weighted by atomic mass is 79.9. The normalized spacial score (nSPS) is 12.8. The van der Waals surface area contributed by atoms with Crippen LogP contribution in [0.4, 0.5) is 0 Å². The summed E-state index contributed by atoms with van der Waals surface area (Å²) in [6.45, 7) is 1.54. The van der Waals surface area contributed by atoms with Crippen LogP contribution in [0.1, 0.15) is 6.42 Å². The van der Waals surface area contributed by atoms with Crippen LogP contribution in [0.3, 0.4) is 0 Å². The minimum atomic E-state index is 0.164. The largest absolute Gasteiger partial charge is 0.492 e. The van der Waals surface area contributed by atoms with Gasteiger partial charge in [-0.2, -0.15) is 0 Å². The molecule has 0 amide bonds. The van der Waals surface area contributed by atoms with Crippen molar-refractivity contribution in [3.05, 3.63) is 28.7 Å². The standard InChI is InChI=1S/C12H19BrN2O/c1-15(2)9-10(14)7-8-16-12-6-4-3-5-11(12)13/h3-6,10H,7-9,14H2,1-2H3. The van der Waals surface area contributed by atoms with Crippen molar-refractivity contribution in [2.45, 2.75) is 12.5 Å². The number of likely N-dealkylation sites (N-methyl/N-ethyl adjacent to an activating group) is 1. The summed E-state index contributed by atoms with van der Waals surface area (Å²) in [5.74, 6) is 0.875. The lowest BCUT2D eigenvalue weighted by molar-refractivity contribution is 0.275. The van der Waals surface area contributed by atoms with E-state index >= 15 is 0 Å². The van der Waals surface area contributed by atoms with Crippen LogP contribution in [0.25, 0.3) is 0 Å². The molecular formula is C12H19BrN2O. The molecule has 0 heterocycles. The van der Waals surface area contributed by atoms with Crippen molar-refractivity contribution in [3.8, 4) is 5.75 Å². The van der Waals surface area contributed by atoms with Gasteiger partial charge in [-0.25, -0.2) is 0 Å². The smallest absolute Gasteiger partial charge is 0.133 e. The molecule has 1 aromatic rings. The van der Waals surface area contributed by atoms with E-state index in [2.05, 4.69) is 20.8 Å². The van der Waals surface area contributed by atoms with Crippen LogP contribution >= 0.6 is 15.9 Å². The summed E-state index contributed by atoms with van der Waals surface area (Å²) in [5.41, 5.74) is 5.94. The fourth-order valence-corrected chi connectivity index (χ4v) is 1.84. The number of nitrogens with two attached hydrogens (primary N) is 1. The minimum absolute atomic E-state index is 0.164. The second-order valence-corrected chi connectivity index (χ2v) is 4.94. The number of rotatable bonds is 6. The van der Waals surface area contributed by atoms with Crippen LogP contribution < -0.4 is 10.5 Å². The molecule has 0 radical (unpaired) electrons. The third-order valence-corrected chi connectivity index (χ3v) is 2.84. The van der Waals surface area contributed by atoms with E-state index in [4.69, 9.17) is 10.5 Å². The predicted molar refractivity (Wildman–Crippen MR) is 70.8 cm³/mol. The molecule has 0 aliphatic carbocycles. The van der Waals surface area contributed by atoms with E-state index in [1.165, 1.54) is 0 Å². The molecule has 0 spiro atoms. The van der Waals surface area contributed by atoms with Gasteiger partial charge in [0.2, 0.25) is 0 Å². The first-order chi connectivity index (χ1) is 7.59. The van der Waals surface area contributed by atoms with Gasteiger partial charge in [0.05, 0.1) is 11.1 Å². The van der Waals surface area contributed by atoms with E-state index in [0.717, 1.165) is 23.2 Å². The summed E-state index contributed by atoms with van der Waals surface area (Å²) < 4.78 is 6.63. The number of hydrogen-bond donors (Lipinski definition) is 1. The Bertz CT molecular complexity index is 318. The fourth-order valence-electron chi connectivity index (χ4n) is 1.44. The number of nitrogens with zero attached hydrogens (tertiary/aromatic N) is 1. The fraction of sp³-hybridized carbons (Fsp3) is 0.500. The van der Waals surface area contributed by atoms with Gasteiger partial charge in [0, 0.05) is 12.6 Å². The van der Waals surface area contributed by atoms with Crippen LogP contribution in [-0.2, 0) is 0 Å². The van der Waals surface area contributed by atoms with Gasteiger partial charge in [-0.3, -0.25) is 0 Å². The molecule has 0 saturated heterocycles. The van der Waals surface area contributed by atoms with Crippen LogP contribution in [0.2, 0.25) is 0 Å². The summed E-state index contributed by atoms with van der Waals surface area (Å²) in [6.07, 6.45) is 0.861. The third-order valence-electron chi connectivity index (χ3n) is 2.18. The van der Waals surface area contributed by atoms with E-state index in [0.29, 0.717) is 6.61 Å². The molecule has 0 aromatic heterocycles. The number of halogens is 1. The van der Waals surface area contributed by atoms with Crippen LogP contribution in [0.5, 0.6) is 5.75 Å². The molecule has 0 bridgehead atoms. The van der Waals surface area contributed by atoms with Crippen molar-refractivity contribution < 1.29 is 4.74 Å². The van der Waals surface area contributed by atoms with Crippen molar-refractivity contribution in [1.29, 1.82) is 0 Å². The van der Waals surface area contributed by atoms with Gasteiger partial charge in [-0.05, 0) is 48.6 Å². The van der Waals surface area contributed by atoms with Gasteiger partial charge in [0.1, 0.15) is 5.75 Å².